The molecule has 0 aromatic heterocycles. The van der Waals surface area contributed by atoms with Crippen molar-refractivity contribution in [2.75, 3.05) is 26.4 Å². The molecule has 4 heteroatoms. The molecule has 0 saturated carbocycles. The topological polar surface area (TPSA) is 58.9 Å². The van der Waals surface area contributed by atoms with Gasteiger partial charge in [-0.05, 0) is 111 Å². The summed E-state index contributed by atoms with van der Waals surface area (Å²) < 4.78 is 13.0. The average molecular weight is 677 g/mol. The van der Waals surface area contributed by atoms with Crippen LogP contribution in [0.5, 0.6) is 11.5 Å². The van der Waals surface area contributed by atoms with Crippen LogP contribution in [0.3, 0.4) is 0 Å². The molecule has 0 heterocycles. The smallest absolute Gasteiger partial charge is 0.126 e. The van der Waals surface area contributed by atoms with Gasteiger partial charge in [-0.2, -0.15) is 0 Å². The first-order valence-electron chi connectivity index (χ1n) is 19.2. The second kappa shape index (κ2) is 16.6. The summed E-state index contributed by atoms with van der Waals surface area (Å²) in [5, 5.41) is 19.8. The first kappa shape index (κ1) is 37.7. The Morgan fingerprint density at radius 1 is 0.540 bits per heavy atom. The molecular formula is C46H60O4. The van der Waals surface area contributed by atoms with Crippen molar-refractivity contribution in [2.45, 2.75) is 117 Å². The van der Waals surface area contributed by atoms with Crippen LogP contribution in [0.2, 0.25) is 0 Å². The number of fused-ring (bicyclic) bond motifs is 2. The first-order valence-corrected chi connectivity index (χ1v) is 19.2. The molecule has 1 aliphatic carbocycles. The van der Waals surface area contributed by atoms with Crippen LogP contribution in [0.4, 0.5) is 0 Å². The number of hydrogen-bond donors (Lipinski definition) is 2. The Balaban J connectivity index is 2.03. The number of aliphatic hydroxyl groups is 2. The minimum absolute atomic E-state index is 0.0200. The van der Waals surface area contributed by atoms with Gasteiger partial charge in [0, 0.05) is 0 Å². The molecule has 1 aliphatic rings. The highest BCUT2D eigenvalue weighted by Gasteiger charge is 2.45. The van der Waals surface area contributed by atoms with Crippen LogP contribution in [-0.4, -0.2) is 36.6 Å². The predicted molar refractivity (Wildman–Crippen MR) is 208 cm³/mol. The highest BCUT2D eigenvalue weighted by molar-refractivity contribution is 5.70. The summed E-state index contributed by atoms with van der Waals surface area (Å²) in [5.74, 6) is 2.92. The Bertz CT molecular complexity index is 1550. The van der Waals surface area contributed by atoms with Gasteiger partial charge >= 0.3 is 0 Å². The molecule has 0 spiro atoms. The summed E-state index contributed by atoms with van der Waals surface area (Å²) >= 11 is 0. The standard InChI is InChI=1S/C46H60O4/c1-9-30(5)38-26-36(27-39(31(6)10-2)44(38)49-23-21-47)46(42-19-15-13-17-34(42)25-35-18-14-16-20-43(35)46)37-28-40(32(7)11-3)45(50-24-22-48)41(29-37)33(8)12-4/h13-20,26-33,47-48H,9-12,21-25H2,1-8H3. The molecule has 0 amide bonds. The maximum Gasteiger partial charge on any atom is 0.126 e. The van der Waals surface area contributed by atoms with Crippen molar-refractivity contribution in [3.8, 4) is 11.5 Å². The molecule has 0 fully saturated rings. The van der Waals surface area contributed by atoms with Crippen LogP contribution in [0, 0.1) is 0 Å². The molecule has 50 heavy (non-hydrogen) atoms. The first-order chi connectivity index (χ1) is 24.2. The van der Waals surface area contributed by atoms with Gasteiger partial charge in [0.25, 0.3) is 0 Å². The Morgan fingerprint density at radius 3 is 1.16 bits per heavy atom. The maximum atomic E-state index is 9.88. The van der Waals surface area contributed by atoms with Gasteiger partial charge in [0.05, 0.1) is 18.6 Å². The molecular weight excluding hydrogens is 617 g/mol. The molecule has 4 nitrogen and oxygen atoms in total. The summed E-state index contributed by atoms with van der Waals surface area (Å²) in [5.41, 5.74) is 12.1. The van der Waals surface area contributed by atoms with Crippen molar-refractivity contribution < 1.29 is 19.7 Å². The summed E-state index contributed by atoms with van der Waals surface area (Å²) in [4.78, 5) is 0. The van der Waals surface area contributed by atoms with Crippen LogP contribution in [0.25, 0.3) is 0 Å². The van der Waals surface area contributed by atoms with E-state index in [9.17, 15) is 10.2 Å². The lowest BCUT2D eigenvalue weighted by Gasteiger charge is -2.44. The highest BCUT2D eigenvalue weighted by atomic mass is 16.5. The fourth-order valence-electron chi connectivity index (χ4n) is 7.97. The third kappa shape index (κ3) is 6.86. The zero-order valence-electron chi connectivity index (χ0n) is 31.8. The Morgan fingerprint density at radius 2 is 0.860 bits per heavy atom. The average Bonchev–Trinajstić information content (AvgIpc) is 3.16. The second-order valence-electron chi connectivity index (χ2n) is 14.6. The van der Waals surface area contributed by atoms with Gasteiger partial charge in [0.1, 0.15) is 24.7 Å². The summed E-state index contributed by atoms with van der Waals surface area (Å²) in [6.07, 6.45) is 4.80. The number of benzene rings is 4. The molecule has 5 rings (SSSR count). The fourth-order valence-corrected chi connectivity index (χ4v) is 7.97. The summed E-state index contributed by atoms with van der Waals surface area (Å²) in [6.45, 7) is 18.7. The third-order valence-electron chi connectivity index (χ3n) is 11.6. The zero-order valence-corrected chi connectivity index (χ0v) is 31.8. The van der Waals surface area contributed by atoms with E-state index in [1.165, 1.54) is 55.6 Å². The van der Waals surface area contributed by atoms with Gasteiger partial charge in [-0.15, -0.1) is 0 Å². The van der Waals surface area contributed by atoms with Gasteiger partial charge in [0.2, 0.25) is 0 Å². The molecule has 0 aliphatic heterocycles. The quantitative estimate of drug-likeness (QED) is 0.109. The number of aliphatic hydroxyl groups excluding tert-OH is 2. The molecule has 2 N–H and O–H groups in total. The van der Waals surface area contributed by atoms with E-state index in [0.717, 1.165) is 43.6 Å². The predicted octanol–water partition coefficient (Wildman–Crippen LogP) is 10.8. The minimum atomic E-state index is -0.606. The van der Waals surface area contributed by atoms with Crippen LogP contribution in [0.15, 0.2) is 72.8 Å². The lowest BCUT2D eigenvalue weighted by atomic mass is 9.58. The van der Waals surface area contributed by atoms with E-state index in [1.54, 1.807) is 0 Å². The molecule has 268 valence electrons. The summed E-state index contributed by atoms with van der Waals surface area (Å²) in [6, 6.07) is 27.9. The van der Waals surface area contributed by atoms with E-state index in [2.05, 4.69) is 128 Å². The van der Waals surface area contributed by atoms with E-state index >= 15 is 0 Å². The molecule has 0 saturated heterocycles. The van der Waals surface area contributed by atoms with Crippen molar-refractivity contribution in [3.63, 3.8) is 0 Å². The normalized spacial score (nSPS) is 15.8. The van der Waals surface area contributed by atoms with Gasteiger partial charge in [-0.3, -0.25) is 0 Å². The van der Waals surface area contributed by atoms with Crippen LogP contribution in [0.1, 0.15) is 160 Å². The van der Waals surface area contributed by atoms with Crippen molar-refractivity contribution in [3.05, 3.63) is 128 Å². The molecule has 4 atom stereocenters. The van der Waals surface area contributed by atoms with E-state index in [0.29, 0.717) is 0 Å². The third-order valence-corrected chi connectivity index (χ3v) is 11.6. The van der Waals surface area contributed by atoms with Gasteiger partial charge < -0.3 is 19.7 Å². The number of hydrogen-bond acceptors (Lipinski definition) is 4. The lowest BCUT2D eigenvalue weighted by molar-refractivity contribution is 0.198. The Kier molecular flexibility index (Phi) is 12.5. The van der Waals surface area contributed by atoms with Crippen molar-refractivity contribution in [1.29, 1.82) is 0 Å². The van der Waals surface area contributed by atoms with Crippen LogP contribution >= 0.6 is 0 Å². The molecule has 4 aromatic rings. The second-order valence-corrected chi connectivity index (χ2v) is 14.6. The maximum absolute atomic E-state index is 9.88. The summed E-state index contributed by atoms with van der Waals surface area (Å²) in [7, 11) is 0. The molecule has 0 radical (unpaired) electrons. The number of ether oxygens (including phenoxy) is 2. The highest BCUT2D eigenvalue weighted by Crippen LogP contribution is 2.55. The number of rotatable bonds is 16. The van der Waals surface area contributed by atoms with E-state index in [1.807, 2.05) is 0 Å². The Hall–Kier alpha value is -3.60. The molecule has 4 unspecified atom stereocenters. The van der Waals surface area contributed by atoms with Crippen molar-refractivity contribution in [1.82, 2.24) is 0 Å². The molecule has 4 aromatic carbocycles. The monoisotopic (exact) mass is 676 g/mol. The largest absolute Gasteiger partial charge is 0.491 e. The van der Waals surface area contributed by atoms with Gasteiger partial charge in [-0.1, -0.05) is 128 Å². The van der Waals surface area contributed by atoms with Gasteiger partial charge in [-0.25, -0.2) is 0 Å². The molecule has 0 bridgehead atoms. The zero-order chi connectivity index (χ0) is 36.0. The minimum Gasteiger partial charge on any atom is -0.491 e. The fraction of sp³-hybridized carbons (Fsp3) is 0.478. The van der Waals surface area contributed by atoms with Crippen LogP contribution in [-0.2, 0) is 11.8 Å². The lowest BCUT2D eigenvalue weighted by Crippen LogP contribution is -2.37. The SMILES string of the molecule is CCC(C)c1cc(C2(c3cc(C(C)CC)c(OCCO)c(C(C)CC)c3)c3ccccc3Cc3ccccc32)cc(C(C)CC)c1OCCO. The van der Waals surface area contributed by atoms with Crippen molar-refractivity contribution >= 4 is 0 Å². The van der Waals surface area contributed by atoms with Gasteiger partial charge in [0.15, 0.2) is 0 Å². The van der Waals surface area contributed by atoms with Crippen LogP contribution < -0.4 is 9.47 Å². The van der Waals surface area contributed by atoms with Crippen molar-refractivity contribution in [2.24, 2.45) is 0 Å². The van der Waals surface area contributed by atoms with E-state index < -0.39 is 5.41 Å². The Labute approximate surface area is 301 Å². The van der Waals surface area contributed by atoms with E-state index in [-0.39, 0.29) is 50.1 Å². The van der Waals surface area contributed by atoms with E-state index in [4.69, 9.17) is 9.47 Å².